The number of alkyl halides is 3. The zero-order valence-electron chi connectivity index (χ0n) is 17.9. The second-order valence-corrected chi connectivity index (χ2v) is 8.00. The van der Waals surface area contributed by atoms with E-state index in [1.165, 1.54) is 23.6 Å². The summed E-state index contributed by atoms with van der Waals surface area (Å²) in [5, 5.41) is 7.85. The molecule has 0 radical (unpaired) electrons. The van der Waals surface area contributed by atoms with Crippen LogP contribution in [0.25, 0.3) is 16.5 Å². The molecule has 0 unspecified atom stereocenters. The fraction of sp³-hybridized carbons (Fsp3) is 0.130. The van der Waals surface area contributed by atoms with Crippen molar-refractivity contribution in [1.29, 1.82) is 0 Å². The molecule has 1 N–H and O–H groups in total. The lowest BCUT2D eigenvalue weighted by atomic mass is 10.2. The van der Waals surface area contributed by atoms with Crippen LogP contribution < -0.4 is 10.9 Å². The Labute approximate surface area is 198 Å². The molecule has 35 heavy (non-hydrogen) atoms. The summed E-state index contributed by atoms with van der Waals surface area (Å²) in [7, 11) is 0. The topological polar surface area (TPSA) is 90.3 Å². The van der Waals surface area contributed by atoms with Gasteiger partial charge in [-0.2, -0.15) is 23.0 Å². The number of rotatable bonds is 5. The monoisotopic (exact) mass is 505 g/mol. The Morgan fingerprint density at radius 2 is 1.80 bits per heavy atom. The highest BCUT2D eigenvalue weighted by Crippen LogP contribution is 2.32. The first-order valence-electron chi connectivity index (χ1n) is 10.1. The maximum absolute atomic E-state index is 14.0. The molecule has 12 heteroatoms. The van der Waals surface area contributed by atoms with Gasteiger partial charge in [0.15, 0.2) is 5.69 Å². The van der Waals surface area contributed by atoms with Crippen molar-refractivity contribution in [3.63, 3.8) is 0 Å². The Hall–Kier alpha value is -4.06. The molecule has 0 aliphatic rings. The summed E-state index contributed by atoms with van der Waals surface area (Å²) >= 11 is 0.901. The Morgan fingerprint density at radius 3 is 2.43 bits per heavy atom. The number of halogens is 4. The molecule has 0 saturated carbocycles. The number of benzene rings is 2. The minimum atomic E-state index is -4.59. The van der Waals surface area contributed by atoms with E-state index >= 15 is 0 Å². The molecule has 0 saturated heterocycles. The van der Waals surface area contributed by atoms with E-state index in [2.05, 4.69) is 10.4 Å². The van der Waals surface area contributed by atoms with Crippen molar-refractivity contribution in [3.05, 3.63) is 86.9 Å². The van der Waals surface area contributed by atoms with Gasteiger partial charge in [0, 0.05) is 10.8 Å². The number of ether oxygens (including phenoxy) is 1. The van der Waals surface area contributed by atoms with Gasteiger partial charge in [-0.1, -0.05) is 12.1 Å². The predicted molar refractivity (Wildman–Crippen MR) is 121 cm³/mol. The lowest BCUT2D eigenvalue weighted by molar-refractivity contribution is -0.137. The highest BCUT2D eigenvalue weighted by Gasteiger charge is 2.30. The molecule has 0 aliphatic heterocycles. The average molecular weight is 505 g/mol. The molecule has 0 atom stereocenters. The van der Waals surface area contributed by atoms with Crippen LogP contribution in [0.5, 0.6) is 0 Å². The van der Waals surface area contributed by atoms with Crippen molar-refractivity contribution in [2.24, 2.45) is 0 Å². The summed E-state index contributed by atoms with van der Waals surface area (Å²) in [6.45, 7) is 1.57. The highest BCUT2D eigenvalue weighted by molar-refractivity contribution is 7.16. The number of fused-ring (bicyclic) bond motifs is 1. The number of nitrogens with zero attached hydrogens (tertiary/aromatic N) is 2. The maximum Gasteiger partial charge on any atom is 0.416 e. The molecule has 2 aromatic heterocycles. The van der Waals surface area contributed by atoms with E-state index in [1.807, 2.05) is 0 Å². The number of carbonyl (C=O) groups excluding carboxylic acids is 2. The van der Waals surface area contributed by atoms with Gasteiger partial charge in [-0.25, -0.2) is 9.18 Å². The smallest absolute Gasteiger partial charge is 0.416 e. The van der Waals surface area contributed by atoms with Crippen LogP contribution in [-0.4, -0.2) is 28.3 Å². The normalized spacial score (nSPS) is 11.5. The molecular formula is C23H15F4N3O4S. The van der Waals surface area contributed by atoms with E-state index in [0.29, 0.717) is 0 Å². The van der Waals surface area contributed by atoms with Crippen molar-refractivity contribution >= 4 is 39.0 Å². The van der Waals surface area contributed by atoms with Crippen molar-refractivity contribution < 1.29 is 31.9 Å². The molecule has 180 valence electrons. The zero-order chi connectivity index (χ0) is 25.3. The number of nitrogens with one attached hydrogen (secondary N) is 1. The van der Waals surface area contributed by atoms with Crippen LogP contribution in [0.3, 0.4) is 0 Å². The minimum absolute atomic E-state index is 0.00241. The molecule has 2 aromatic carbocycles. The molecule has 0 spiro atoms. The first-order chi connectivity index (χ1) is 16.6. The SMILES string of the molecule is CCOC(=O)c1nn(-c2ccc(C(F)(F)F)cc2)c(=O)c2c(NC(=O)c3ccccc3F)scc12. The van der Waals surface area contributed by atoms with Gasteiger partial charge >= 0.3 is 12.1 Å². The van der Waals surface area contributed by atoms with E-state index in [1.54, 1.807) is 6.92 Å². The Balaban J connectivity index is 1.87. The summed E-state index contributed by atoms with van der Waals surface area (Å²) in [6, 6.07) is 8.83. The summed E-state index contributed by atoms with van der Waals surface area (Å²) in [5.41, 5.74) is -2.33. The van der Waals surface area contributed by atoms with Crippen molar-refractivity contribution in [2.45, 2.75) is 13.1 Å². The Morgan fingerprint density at radius 1 is 1.11 bits per heavy atom. The first kappa shape index (κ1) is 24.1. The third-order valence-electron chi connectivity index (χ3n) is 4.91. The van der Waals surface area contributed by atoms with Gasteiger partial charge in [0.05, 0.1) is 28.8 Å². The lowest BCUT2D eigenvalue weighted by Crippen LogP contribution is -2.25. The molecule has 7 nitrogen and oxygen atoms in total. The number of hydrogen-bond donors (Lipinski definition) is 1. The molecule has 0 fully saturated rings. The summed E-state index contributed by atoms with van der Waals surface area (Å²) in [6.07, 6.45) is -4.59. The highest BCUT2D eigenvalue weighted by atomic mass is 32.1. The second kappa shape index (κ2) is 9.29. The number of hydrogen-bond acceptors (Lipinski definition) is 6. The van der Waals surface area contributed by atoms with Crippen molar-refractivity contribution in [1.82, 2.24) is 9.78 Å². The first-order valence-corrected chi connectivity index (χ1v) is 10.9. The van der Waals surface area contributed by atoms with Crippen LogP contribution in [0.15, 0.2) is 58.7 Å². The van der Waals surface area contributed by atoms with Crippen LogP contribution in [0, 0.1) is 5.82 Å². The van der Waals surface area contributed by atoms with Gasteiger partial charge < -0.3 is 10.1 Å². The van der Waals surface area contributed by atoms with Crippen LogP contribution >= 0.6 is 11.3 Å². The lowest BCUT2D eigenvalue weighted by Gasteiger charge is -2.11. The number of thiophene rings is 1. The van der Waals surface area contributed by atoms with Gasteiger partial charge in [-0.05, 0) is 43.3 Å². The molecular weight excluding hydrogens is 490 g/mol. The van der Waals surface area contributed by atoms with Crippen LogP contribution in [0.1, 0.15) is 33.3 Å². The van der Waals surface area contributed by atoms with Gasteiger partial charge in [0.25, 0.3) is 11.5 Å². The molecule has 1 amide bonds. The number of esters is 1. The van der Waals surface area contributed by atoms with E-state index in [0.717, 1.165) is 46.4 Å². The fourth-order valence-corrected chi connectivity index (χ4v) is 4.21. The number of carbonyl (C=O) groups is 2. The molecule has 4 aromatic rings. The Bertz CT molecular complexity index is 1490. The number of amides is 1. The van der Waals surface area contributed by atoms with Crippen LogP contribution in [-0.2, 0) is 10.9 Å². The zero-order valence-corrected chi connectivity index (χ0v) is 18.7. The summed E-state index contributed by atoms with van der Waals surface area (Å²) < 4.78 is 58.7. The van der Waals surface area contributed by atoms with E-state index < -0.39 is 35.0 Å². The maximum atomic E-state index is 14.0. The molecule has 2 heterocycles. The third-order valence-corrected chi connectivity index (χ3v) is 5.80. The Kier molecular flexibility index (Phi) is 6.39. The second-order valence-electron chi connectivity index (χ2n) is 7.12. The molecule has 0 aliphatic carbocycles. The van der Waals surface area contributed by atoms with E-state index in [9.17, 15) is 31.9 Å². The van der Waals surface area contributed by atoms with E-state index in [-0.39, 0.29) is 39.3 Å². The summed E-state index contributed by atoms with van der Waals surface area (Å²) in [4.78, 5) is 38.5. The van der Waals surface area contributed by atoms with Gasteiger partial charge in [0.1, 0.15) is 10.8 Å². The van der Waals surface area contributed by atoms with Crippen molar-refractivity contribution in [2.75, 3.05) is 11.9 Å². The van der Waals surface area contributed by atoms with Gasteiger partial charge in [0.2, 0.25) is 0 Å². The van der Waals surface area contributed by atoms with Crippen molar-refractivity contribution in [3.8, 4) is 5.69 Å². The number of anilines is 1. The quantitative estimate of drug-likeness (QED) is 0.303. The average Bonchev–Trinajstić information content (AvgIpc) is 3.23. The van der Waals surface area contributed by atoms with Crippen LogP contribution in [0.2, 0.25) is 0 Å². The van der Waals surface area contributed by atoms with Gasteiger partial charge in [-0.15, -0.1) is 11.3 Å². The standard InChI is InChI=1S/C23H15F4N3O4S/c1-2-34-22(33)18-15-11-35-20(28-19(31)14-5-3-4-6-16(14)24)17(15)21(32)30(29-18)13-9-7-12(8-10-13)23(25,26)27/h3-11H,2H2,1H3,(H,28,31). The largest absolute Gasteiger partial charge is 0.461 e. The predicted octanol–water partition coefficient (Wildman–Crippen LogP) is 5.03. The fourth-order valence-electron chi connectivity index (χ4n) is 3.27. The van der Waals surface area contributed by atoms with Crippen LogP contribution in [0.4, 0.5) is 22.6 Å². The molecule has 0 bridgehead atoms. The summed E-state index contributed by atoms with van der Waals surface area (Å²) in [5.74, 6) is -2.48. The van der Waals surface area contributed by atoms with E-state index in [4.69, 9.17) is 4.74 Å². The molecule has 4 rings (SSSR count). The van der Waals surface area contributed by atoms with Gasteiger partial charge in [-0.3, -0.25) is 9.59 Å². The number of aromatic nitrogens is 2. The minimum Gasteiger partial charge on any atom is -0.461 e. The third kappa shape index (κ3) is 4.64.